The Morgan fingerprint density at radius 2 is 1.93 bits per heavy atom. The van der Waals surface area contributed by atoms with E-state index in [9.17, 15) is 0 Å². The molecule has 2 aromatic rings. The molecule has 76 valence electrons. The first-order valence-corrected chi connectivity index (χ1v) is 5.84. The predicted octanol–water partition coefficient (Wildman–Crippen LogP) is 3.59. The first-order valence-electron chi connectivity index (χ1n) is 5.02. The number of aromatic nitrogens is 2. The second-order valence-corrected chi connectivity index (χ2v) is 3.89. The van der Waals surface area contributed by atoms with Gasteiger partial charge in [-0.05, 0) is 25.5 Å². The molecule has 0 aromatic carbocycles. The third-order valence-electron chi connectivity index (χ3n) is 1.78. The Morgan fingerprint density at radius 3 is 2.57 bits per heavy atom. The molecule has 0 spiro atoms. The maximum atomic E-state index is 4.47. The van der Waals surface area contributed by atoms with E-state index in [0.717, 1.165) is 27.5 Å². The van der Waals surface area contributed by atoms with Gasteiger partial charge in [0.1, 0.15) is 10.3 Å². The molecule has 0 aliphatic rings. The van der Waals surface area contributed by atoms with Crippen molar-refractivity contribution < 1.29 is 0 Å². The van der Waals surface area contributed by atoms with Crippen LogP contribution in [0.1, 0.15) is 31.5 Å². The third kappa shape index (κ3) is 2.29. The second-order valence-electron chi connectivity index (χ2n) is 2.71. The fourth-order valence-electron chi connectivity index (χ4n) is 1.16. The van der Waals surface area contributed by atoms with Crippen LogP contribution >= 0.6 is 11.3 Å². The monoisotopic (exact) mass is 208 g/mol. The van der Waals surface area contributed by atoms with Crippen molar-refractivity contribution in [1.82, 2.24) is 9.97 Å². The molecule has 0 aliphatic heterocycles. The van der Waals surface area contributed by atoms with Crippen molar-refractivity contribution in [3.8, 4) is 0 Å². The zero-order valence-electron chi connectivity index (χ0n) is 9.16. The number of rotatable bonds is 1. The van der Waals surface area contributed by atoms with Crippen molar-refractivity contribution in [2.75, 3.05) is 0 Å². The van der Waals surface area contributed by atoms with E-state index in [1.54, 1.807) is 11.3 Å². The number of pyridine rings is 1. The van der Waals surface area contributed by atoms with Crippen LogP contribution in [0.3, 0.4) is 0 Å². The van der Waals surface area contributed by atoms with Gasteiger partial charge in [0.15, 0.2) is 0 Å². The van der Waals surface area contributed by atoms with E-state index in [1.807, 2.05) is 32.9 Å². The molecule has 0 saturated heterocycles. The molecular weight excluding hydrogens is 192 g/mol. The van der Waals surface area contributed by atoms with Crippen LogP contribution in [0.4, 0.5) is 0 Å². The average molecular weight is 208 g/mol. The van der Waals surface area contributed by atoms with Gasteiger partial charge >= 0.3 is 0 Å². The van der Waals surface area contributed by atoms with Gasteiger partial charge in [0.05, 0.1) is 5.01 Å². The van der Waals surface area contributed by atoms with Crippen molar-refractivity contribution in [3.63, 3.8) is 0 Å². The van der Waals surface area contributed by atoms with E-state index in [0.29, 0.717) is 0 Å². The van der Waals surface area contributed by atoms with Crippen LogP contribution in [0, 0.1) is 6.92 Å². The van der Waals surface area contributed by atoms with Gasteiger partial charge in [0, 0.05) is 5.69 Å². The van der Waals surface area contributed by atoms with Gasteiger partial charge < -0.3 is 0 Å². The average Bonchev–Trinajstić information content (AvgIpc) is 2.59. The van der Waals surface area contributed by atoms with E-state index < -0.39 is 0 Å². The summed E-state index contributed by atoms with van der Waals surface area (Å²) >= 11 is 1.66. The molecule has 0 aliphatic carbocycles. The largest absolute Gasteiger partial charge is 0.240 e. The molecule has 3 heteroatoms. The first-order chi connectivity index (χ1) is 6.79. The zero-order valence-corrected chi connectivity index (χ0v) is 9.98. The van der Waals surface area contributed by atoms with Crippen molar-refractivity contribution in [2.45, 2.75) is 34.1 Å². The summed E-state index contributed by atoms with van der Waals surface area (Å²) in [6.07, 6.45) is 0.993. The molecule has 0 fully saturated rings. The van der Waals surface area contributed by atoms with Gasteiger partial charge in [-0.25, -0.2) is 9.97 Å². The number of hydrogen-bond acceptors (Lipinski definition) is 3. The molecule has 2 aromatic heterocycles. The highest BCUT2D eigenvalue weighted by Gasteiger charge is 2.01. The van der Waals surface area contributed by atoms with Crippen LogP contribution < -0.4 is 0 Å². The van der Waals surface area contributed by atoms with Crippen LogP contribution in [0.25, 0.3) is 10.3 Å². The highest BCUT2D eigenvalue weighted by molar-refractivity contribution is 7.18. The van der Waals surface area contributed by atoms with Crippen LogP contribution in [0.2, 0.25) is 0 Å². The van der Waals surface area contributed by atoms with Gasteiger partial charge in [-0.3, -0.25) is 0 Å². The summed E-state index contributed by atoms with van der Waals surface area (Å²) in [4.78, 5) is 9.88. The molecular formula is C11H16N2S. The first kappa shape index (κ1) is 11.1. The summed E-state index contributed by atoms with van der Waals surface area (Å²) in [5.74, 6) is 0. The zero-order chi connectivity index (χ0) is 10.6. The molecule has 0 atom stereocenters. The summed E-state index contributed by atoms with van der Waals surface area (Å²) in [5, 5.41) is 1.09. The summed E-state index contributed by atoms with van der Waals surface area (Å²) in [5.41, 5.74) is 2.17. The number of aryl methyl sites for hydroxylation is 2. The van der Waals surface area contributed by atoms with Gasteiger partial charge in [0.2, 0.25) is 0 Å². The van der Waals surface area contributed by atoms with E-state index in [2.05, 4.69) is 16.9 Å². The van der Waals surface area contributed by atoms with E-state index >= 15 is 0 Å². The Hall–Kier alpha value is -0.960. The number of thiazole rings is 1. The van der Waals surface area contributed by atoms with Crippen LogP contribution in [0.5, 0.6) is 0 Å². The molecule has 2 heterocycles. The fraction of sp³-hybridized carbons (Fsp3) is 0.455. The number of nitrogens with zero attached hydrogens (tertiary/aromatic N) is 2. The molecule has 0 radical (unpaired) electrons. The quantitative estimate of drug-likeness (QED) is 0.715. The Kier molecular flexibility index (Phi) is 4.01. The minimum Gasteiger partial charge on any atom is -0.240 e. The Bertz CT molecular complexity index is 407. The lowest BCUT2D eigenvalue weighted by molar-refractivity contribution is 1.06. The number of hydrogen-bond donors (Lipinski definition) is 0. The highest BCUT2D eigenvalue weighted by atomic mass is 32.1. The summed E-state index contributed by atoms with van der Waals surface area (Å²) < 4.78 is 0. The van der Waals surface area contributed by atoms with E-state index in [-0.39, 0.29) is 0 Å². The molecule has 0 saturated carbocycles. The maximum Gasteiger partial charge on any atom is 0.143 e. The van der Waals surface area contributed by atoms with Crippen molar-refractivity contribution >= 4 is 21.7 Å². The van der Waals surface area contributed by atoms with Crippen LogP contribution in [0.15, 0.2) is 12.1 Å². The van der Waals surface area contributed by atoms with Crippen molar-refractivity contribution in [2.24, 2.45) is 0 Å². The molecule has 0 bridgehead atoms. The SMILES string of the molecule is CC.CCc1ccc2nc(C)sc2n1. The molecule has 2 rings (SSSR count). The fourth-order valence-corrected chi connectivity index (χ4v) is 1.97. The van der Waals surface area contributed by atoms with Gasteiger partial charge in [-0.15, -0.1) is 0 Å². The maximum absolute atomic E-state index is 4.47. The lowest BCUT2D eigenvalue weighted by Crippen LogP contribution is -1.84. The Labute approximate surface area is 89.0 Å². The summed E-state index contributed by atoms with van der Waals surface area (Å²) in [7, 11) is 0. The molecule has 0 amide bonds. The normalized spacial score (nSPS) is 9.71. The second kappa shape index (κ2) is 5.05. The smallest absolute Gasteiger partial charge is 0.143 e. The molecule has 0 N–H and O–H groups in total. The Balaban J connectivity index is 0.000000461. The highest BCUT2D eigenvalue weighted by Crippen LogP contribution is 2.19. The van der Waals surface area contributed by atoms with Crippen LogP contribution in [-0.2, 0) is 6.42 Å². The molecule has 0 unspecified atom stereocenters. The minimum absolute atomic E-state index is 0.993. The van der Waals surface area contributed by atoms with Gasteiger partial charge in [-0.1, -0.05) is 32.1 Å². The topological polar surface area (TPSA) is 25.8 Å². The predicted molar refractivity (Wildman–Crippen MR) is 62.9 cm³/mol. The number of fused-ring (bicyclic) bond motifs is 1. The molecule has 14 heavy (non-hydrogen) atoms. The molecule has 2 nitrogen and oxygen atoms in total. The third-order valence-corrected chi connectivity index (χ3v) is 2.66. The van der Waals surface area contributed by atoms with Gasteiger partial charge in [-0.2, -0.15) is 0 Å². The Morgan fingerprint density at radius 1 is 1.21 bits per heavy atom. The van der Waals surface area contributed by atoms with Crippen molar-refractivity contribution in [3.05, 3.63) is 22.8 Å². The van der Waals surface area contributed by atoms with Gasteiger partial charge in [0.25, 0.3) is 0 Å². The van der Waals surface area contributed by atoms with E-state index in [1.165, 1.54) is 0 Å². The summed E-state index contributed by atoms with van der Waals surface area (Å²) in [6, 6.07) is 4.09. The van der Waals surface area contributed by atoms with Crippen molar-refractivity contribution in [1.29, 1.82) is 0 Å². The van der Waals surface area contributed by atoms with Crippen LogP contribution in [-0.4, -0.2) is 9.97 Å². The van der Waals surface area contributed by atoms with E-state index in [4.69, 9.17) is 0 Å². The standard InChI is InChI=1S/C9H10N2S.C2H6/c1-3-7-4-5-8-9(11-7)12-6(2)10-8;1-2/h4-5H,3H2,1-2H3;1-2H3. The summed E-state index contributed by atoms with van der Waals surface area (Å²) in [6.45, 7) is 8.13. The lowest BCUT2D eigenvalue weighted by Gasteiger charge is -1.92. The lowest BCUT2D eigenvalue weighted by atomic mass is 10.3. The minimum atomic E-state index is 0.993.